The smallest absolute Gasteiger partial charge is 0.307 e. The van der Waals surface area contributed by atoms with Gasteiger partial charge in [-0.25, -0.2) is 4.98 Å². The molecule has 0 aliphatic carbocycles. The number of carbonyl (C=O) groups is 1. The van der Waals surface area contributed by atoms with E-state index in [-0.39, 0.29) is 66.7 Å². The first-order chi connectivity index (χ1) is 27.2. The van der Waals surface area contributed by atoms with Crippen LogP contribution in [0, 0.1) is 30.6 Å². The van der Waals surface area contributed by atoms with Gasteiger partial charge < -0.3 is 49.5 Å². The summed E-state index contributed by atoms with van der Waals surface area (Å²) in [4.78, 5) is 46.6. The number of hydrogen-bond donors (Lipinski definition) is 6. The summed E-state index contributed by atoms with van der Waals surface area (Å²) in [6, 6.07) is 3.07. The van der Waals surface area contributed by atoms with Crippen LogP contribution < -0.4 is 26.1 Å². The van der Waals surface area contributed by atoms with Crippen LogP contribution in [-0.4, -0.2) is 73.7 Å². The van der Waals surface area contributed by atoms with E-state index in [0.29, 0.717) is 5.56 Å². The number of hydrogen-bond acceptors (Lipinski definition) is 13. The maximum absolute atomic E-state index is 14.6. The number of rotatable bonds is 2. The molecule has 14 heteroatoms. The first kappa shape index (κ1) is 42.3. The maximum Gasteiger partial charge on any atom is 0.307 e. The van der Waals surface area contributed by atoms with Gasteiger partial charge in [-0.05, 0) is 43.5 Å². The largest absolute Gasteiger partial charge is 0.507 e. The van der Waals surface area contributed by atoms with E-state index in [1.165, 1.54) is 52.4 Å². The second kappa shape index (κ2) is 15.8. The molecule has 0 spiro atoms. The molecule has 0 saturated carbocycles. The third-order valence-electron chi connectivity index (χ3n) is 11.9. The summed E-state index contributed by atoms with van der Waals surface area (Å²) >= 11 is 0. The first-order valence-corrected chi connectivity index (χ1v) is 19.4. The molecular formula is C44H52N2O12. The molecule has 4 bridgehead atoms. The molecule has 0 fully saturated rings. The van der Waals surface area contributed by atoms with Crippen molar-refractivity contribution in [3.8, 4) is 11.5 Å². The Kier molecular flexibility index (Phi) is 11.5. The molecule has 0 saturated heterocycles. The Bertz CT molecular complexity index is 2580. The maximum atomic E-state index is 14.6. The molecule has 310 valence electrons. The minimum Gasteiger partial charge on any atom is -0.507 e. The summed E-state index contributed by atoms with van der Waals surface area (Å²) in [5.41, 5.74) is -1.22. The third kappa shape index (κ3) is 7.12. The van der Waals surface area contributed by atoms with Crippen molar-refractivity contribution >= 4 is 50.3 Å². The fraction of sp³-hybridized carbons (Fsp3) is 0.455. The van der Waals surface area contributed by atoms with Gasteiger partial charge in [0.15, 0.2) is 22.4 Å². The monoisotopic (exact) mass is 800 g/mol. The minimum absolute atomic E-state index is 0.0354. The van der Waals surface area contributed by atoms with Gasteiger partial charge in [0.2, 0.25) is 10.9 Å². The predicted octanol–water partition coefficient (Wildman–Crippen LogP) is 5.11. The lowest BCUT2D eigenvalue weighted by Crippen LogP contribution is -2.44. The number of anilines is 1. The molecule has 1 aromatic heterocycles. The number of aromatic hydroxyl groups is 1. The van der Waals surface area contributed by atoms with Crippen LogP contribution in [0.1, 0.15) is 72.4 Å². The summed E-state index contributed by atoms with van der Waals surface area (Å²) < 4.78 is 24.2. The molecule has 0 unspecified atom stereocenters. The molecule has 3 aromatic carbocycles. The molecule has 2 aliphatic heterocycles. The number of methoxy groups -OCH3 is 1. The number of fused-ring (bicyclic) bond motifs is 2. The fourth-order valence-corrected chi connectivity index (χ4v) is 7.85. The molecular weight excluding hydrogens is 748 g/mol. The van der Waals surface area contributed by atoms with Crippen LogP contribution in [0.25, 0.3) is 38.7 Å². The number of carbonyl (C=O) groups excluding carboxylic acids is 1. The molecule has 0 radical (unpaired) electrons. The normalized spacial score (nSPS) is 30.7. The minimum atomic E-state index is -1.94. The van der Waals surface area contributed by atoms with Crippen molar-refractivity contribution in [3.05, 3.63) is 85.1 Å². The van der Waals surface area contributed by atoms with Crippen molar-refractivity contribution in [2.45, 2.75) is 98.4 Å². The molecule has 2 aliphatic rings. The van der Waals surface area contributed by atoms with Gasteiger partial charge in [-0.3, -0.25) is 14.4 Å². The van der Waals surface area contributed by atoms with Crippen LogP contribution in [0.4, 0.5) is 5.69 Å². The van der Waals surface area contributed by atoms with E-state index in [4.69, 9.17) is 18.6 Å². The molecule has 9 atom stereocenters. The van der Waals surface area contributed by atoms with E-state index in [0.717, 1.165) is 0 Å². The summed E-state index contributed by atoms with van der Waals surface area (Å²) in [5, 5.41) is 59.7. The number of aliphatic hydroxyl groups is 4. The lowest BCUT2D eigenvalue weighted by Gasteiger charge is -2.36. The molecule has 14 nitrogen and oxygen atoms in total. The SMILES string of the molecule is CO[C@H]1/C=C/O[C@@]2(C)Oc3c(C)c(O)c4c(=O)c(c5oc6cc(C(C)C)cc(=O)c6nc5c4c3=C2O)NC(=O)/C(C)=C\C=C\[C@H](C)[C@H](O)[C@@H](C)[C@@H](O)[C@@H](C)[C@H](O)[C@@H]1C. The molecule has 6 N–H and O–H groups in total. The van der Waals surface area contributed by atoms with Crippen molar-refractivity contribution in [1.29, 1.82) is 0 Å². The second-order valence-electron chi connectivity index (χ2n) is 16.2. The zero-order valence-electron chi connectivity index (χ0n) is 34.3. The van der Waals surface area contributed by atoms with E-state index in [2.05, 4.69) is 10.3 Å². The van der Waals surface area contributed by atoms with Crippen molar-refractivity contribution < 1.29 is 49.0 Å². The summed E-state index contributed by atoms with van der Waals surface area (Å²) in [6.07, 6.45) is 3.47. The first-order valence-electron chi connectivity index (χ1n) is 19.4. The van der Waals surface area contributed by atoms with Crippen LogP contribution in [0.2, 0.25) is 0 Å². The Labute approximate surface area is 334 Å². The van der Waals surface area contributed by atoms with Crippen molar-refractivity contribution in [2.75, 3.05) is 12.4 Å². The number of aromatic nitrogens is 1. The predicted molar refractivity (Wildman–Crippen MR) is 220 cm³/mol. The van der Waals surface area contributed by atoms with Crippen molar-refractivity contribution in [2.24, 2.45) is 23.7 Å². The van der Waals surface area contributed by atoms with E-state index in [9.17, 15) is 39.9 Å². The van der Waals surface area contributed by atoms with E-state index >= 15 is 0 Å². The summed E-state index contributed by atoms with van der Waals surface area (Å²) in [5.74, 6) is -6.23. The molecule has 6 rings (SSSR count). The number of allylic oxidation sites excluding steroid dienone is 2. The summed E-state index contributed by atoms with van der Waals surface area (Å²) in [6.45, 7) is 15.1. The van der Waals surface area contributed by atoms with Crippen LogP contribution in [-0.2, 0) is 14.3 Å². The van der Waals surface area contributed by atoms with Gasteiger partial charge in [0.25, 0.3) is 5.91 Å². The number of aliphatic hydroxyl groups excluding tert-OH is 4. The van der Waals surface area contributed by atoms with E-state index < -0.39 is 82.1 Å². The standard InChI is InChI=1S/C44H52N2O12/c1-18(2)25-16-26(47)32-28(17-25)57-41-33(45-32)29-30-38(51)24(8)40-31(29)42(53)44(9,58-40)56-15-14-27(55-10)21(5)36(49)23(7)37(50)22(6)35(48)19(3)12-11-13-20(4)43(54)46-34(41)39(30)52/h11-19,21-23,27,35-37,48-51,53H,1-10H3,(H,46,54)/b12-11+,15-14+,20-13-/t19-,21+,22+,23-,27-,35-,36+,37+,44-/m0/s1. The number of nitrogens with one attached hydrogen (secondary N) is 1. The highest BCUT2D eigenvalue weighted by atomic mass is 16.7. The zero-order chi connectivity index (χ0) is 42.7. The average Bonchev–Trinajstić information content (AvgIpc) is 3.45. The van der Waals surface area contributed by atoms with Crippen LogP contribution >= 0.6 is 0 Å². The average molecular weight is 801 g/mol. The second-order valence-corrected chi connectivity index (χ2v) is 16.2. The van der Waals surface area contributed by atoms with Gasteiger partial charge in [-0.2, -0.15) is 0 Å². The molecule has 3 heterocycles. The Balaban J connectivity index is 1.66. The Morgan fingerprint density at radius 1 is 0.897 bits per heavy atom. The molecule has 1 amide bonds. The van der Waals surface area contributed by atoms with Gasteiger partial charge in [0.1, 0.15) is 22.7 Å². The Hall–Kier alpha value is -5.28. The number of ether oxygens (including phenoxy) is 3. The fourth-order valence-electron chi connectivity index (χ4n) is 7.85. The topological polar surface area (TPSA) is 218 Å². The van der Waals surface area contributed by atoms with Crippen molar-refractivity contribution in [3.63, 3.8) is 0 Å². The van der Waals surface area contributed by atoms with Gasteiger partial charge in [0.05, 0.1) is 41.3 Å². The van der Waals surface area contributed by atoms with E-state index in [1.807, 2.05) is 13.8 Å². The lowest BCUT2D eigenvalue weighted by molar-refractivity contribution is -0.112. The van der Waals surface area contributed by atoms with E-state index in [1.54, 1.807) is 45.9 Å². The number of phenolic OH excluding ortho intramolecular Hbond substituents is 1. The van der Waals surface area contributed by atoms with Gasteiger partial charge in [-0.1, -0.05) is 59.8 Å². The van der Waals surface area contributed by atoms with Crippen LogP contribution in [0.3, 0.4) is 0 Å². The Morgan fingerprint density at radius 3 is 2.21 bits per heavy atom. The highest BCUT2D eigenvalue weighted by Crippen LogP contribution is 2.42. The third-order valence-corrected chi connectivity index (χ3v) is 11.9. The molecule has 4 aromatic rings. The Morgan fingerprint density at radius 2 is 1.55 bits per heavy atom. The number of phenols is 1. The van der Waals surface area contributed by atoms with Gasteiger partial charge >= 0.3 is 5.79 Å². The van der Waals surface area contributed by atoms with Gasteiger partial charge in [0, 0.05) is 54.2 Å². The van der Waals surface area contributed by atoms with Crippen LogP contribution in [0.5, 0.6) is 11.5 Å². The lowest BCUT2D eigenvalue weighted by atomic mass is 9.78. The quantitative estimate of drug-likeness (QED) is 0.115. The highest BCUT2D eigenvalue weighted by molar-refractivity contribution is 6.16. The van der Waals surface area contributed by atoms with Crippen molar-refractivity contribution in [1.82, 2.24) is 4.98 Å². The number of amides is 1. The summed E-state index contributed by atoms with van der Waals surface area (Å²) in [7, 11) is 1.44. The van der Waals surface area contributed by atoms with Crippen LogP contribution in [0.15, 0.2) is 62.3 Å². The van der Waals surface area contributed by atoms with Gasteiger partial charge in [-0.15, -0.1) is 0 Å². The number of nitrogens with zero attached hydrogens (tertiary/aromatic N) is 1. The highest BCUT2D eigenvalue weighted by Gasteiger charge is 2.44. The zero-order valence-corrected chi connectivity index (χ0v) is 34.3. The number of benzene rings is 3. The molecule has 58 heavy (non-hydrogen) atoms.